The summed E-state index contributed by atoms with van der Waals surface area (Å²) in [5.74, 6) is 0.120. The van der Waals surface area contributed by atoms with Crippen LogP contribution in [0.2, 0.25) is 0 Å². The maximum Gasteiger partial charge on any atom is 0.254 e. The maximum absolute atomic E-state index is 12.5. The van der Waals surface area contributed by atoms with Crippen molar-refractivity contribution in [3.63, 3.8) is 0 Å². The molecule has 2 saturated heterocycles. The first kappa shape index (κ1) is 15.8. The Kier molecular flexibility index (Phi) is 4.81. The highest BCUT2D eigenvalue weighted by Crippen LogP contribution is 2.22. The number of ether oxygens (including phenoxy) is 2. The molecular weight excluding hydrogens is 296 g/mol. The average molecular weight is 318 g/mol. The van der Waals surface area contributed by atoms with Gasteiger partial charge in [-0.3, -0.25) is 9.59 Å². The van der Waals surface area contributed by atoms with Crippen LogP contribution in [0, 0.1) is 0 Å². The zero-order valence-corrected chi connectivity index (χ0v) is 13.1. The smallest absolute Gasteiger partial charge is 0.254 e. The molecule has 0 aliphatic carbocycles. The monoisotopic (exact) mass is 318 g/mol. The van der Waals surface area contributed by atoms with Gasteiger partial charge in [0.1, 0.15) is 18.4 Å². The number of likely N-dealkylation sites (tertiary alicyclic amines) is 1. The minimum atomic E-state index is -0.488. The van der Waals surface area contributed by atoms with E-state index < -0.39 is 11.9 Å². The second-order valence-corrected chi connectivity index (χ2v) is 6.03. The molecule has 0 aromatic heterocycles. The number of nitrogens with two attached hydrogens (primary N) is 1. The summed E-state index contributed by atoms with van der Waals surface area (Å²) in [6.07, 6.45) is 3.72. The summed E-state index contributed by atoms with van der Waals surface area (Å²) >= 11 is 0. The molecule has 2 atom stereocenters. The predicted molar refractivity (Wildman–Crippen MR) is 84.2 cm³/mol. The molecule has 2 amide bonds. The van der Waals surface area contributed by atoms with Crippen LogP contribution in [-0.2, 0) is 9.53 Å². The third-order valence-corrected chi connectivity index (χ3v) is 4.40. The van der Waals surface area contributed by atoms with E-state index in [2.05, 4.69) is 0 Å². The minimum Gasteiger partial charge on any atom is -0.491 e. The summed E-state index contributed by atoms with van der Waals surface area (Å²) in [6, 6.07) is 6.51. The molecule has 6 heteroatoms. The summed E-state index contributed by atoms with van der Waals surface area (Å²) in [5.41, 5.74) is 5.91. The highest BCUT2D eigenvalue weighted by atomic mass is 16.5. The number of benzene rings is 1. The van der Waals surface area contributed by atoms with Gasteiger partial charge in [0.15, 0.2) is 0 Å². The largest absolute Gasteiger partial charge is 0.491 e. The normalized spacial score (nSPS) is 23.9. The minimum absolute atomic E-state index is 0.156. The van der Waals surface area contributed by atoms with Crippen LogP contribution in [0.3, 0.4) is 0 Å². The lowest BCUT2D eigenvalue weighted by atomic mass is 10.1. The number of primary amides is 1. The lowest BCUT2D eigenvalue weighted by molar-refractivity contribution is -0.121. The fraction of sp³-hybridized carbons (Fsp3) is 0.529. The molecule has 2 fully saturated rings. The lowest BCUT2D eigenvalue weighted by Crippen LogP contribution is -2.43. The van der Waals surface area contributed by atoms with Crippen LogP contribution in [-0.4, -0.2) is 48.6 Å². The van der Waals surface area contributed by atoms with E-state index in [-0.39, 0.29) is 12.0 Å². The van der Waals surface area contributed by atoms with Crippen LogP contribution >= 0.6 is 0 Å². The van der Waals surface area contributed by atoms with Crippen molar-refractivity contribution in [1.82, 2.24) is 4.90 Å². The number of carbonyl (C=O) groups excluding carboxylic acids is 2. The molecule has 2 heterocycles. The van der Waals surface area contributed by atoms with Crippen LogP contribution in [0.25, 0.3) is 0 Å². The van der Waals surface area contributed by atoms with Crippen molar-refractivity contribution < 1.29 is 19.1 Å². The standard InChI is InChI=1S/C17H22N2O4/c18-16(20)15-4-1-9-19(15)17(21)12-5-7-13(8-6-12)23-11-14-3-2-10-22-14/h5-8,14-15H,1-4,9-11H2,(H2,18,20). The number of carbonyl (C=O) groups is 2. The summed E-state index contributed by atoms with van der Waals surface area (Å²) in [5, 5.41) is 0. The van der Waals surface area contributed by atoms with Gasteiger partial charge in [0.25, 0.3) is 5.91 Å². The second-order valence-electron chi connectivity index (χ2n) is 6.03. The molecule has 0 radical (unpaired) electrons. The number of hydrogen-bond donors (Lipinski definition) is 1. The molecule has 1 aromatic carbocycles. The van der Waals surface area contributed by atoms with Gasteiger partial charge in [-0.15, -0.1) is 0 Å². The molecule has 124 valence electrons. The third kappa shape index (κ3) is 3.64. The third-order valence-electron chi connectivity index (χ3n) is 4.40. The van der Waals surface area contributed by atoms with Gasteiger partial charge in [-0.1, -0.05) is 0 Å². The Labute approximate surface area is 135 Å². The van der Waals surface area contributed by atoms with Crippen molar-refractivity contribution in [1.29, 1.82) is 0 Å². The summed E-state index contributed by atoms with van der Waals surface area (Å²) in [4.78, 5) is 25.5. The first-order valence-electron chi connectivity index (χ1n) is 8.10. The van der Waals surface area contributed by atoms with Crippen LogP contribution in [0.4, 0.5) is 0 Å². The number of nitrogens with zero attached hydrogens (tertiary/aromatic N) is 1. The van der Waals surface area contributed by atoms with Gasteiger partial charge < -0.3 is 20.1 Å². The second kappa shape index (κ2) is 7.00. The Morgan fingerprint density at radius 3 is 2.65 bits per heavy atom. The first-order valence-corrected chi connectivity index (χ1v) is 8.10. The van der Waals surface area contributed by atoms with Crippen molar-refractivity contribution in [3.8, 4) is 5.75 Å². The Morgan fingerprint density at radius 2 is 2.00 bits per heavy atom. The van der Waals surface area contributed by atoms with Gasteiger partial charge in [-0.05, 0) is 49.9 Å². The Balaban J connectivity index is 1.59. The van der Waals surface area contributed by atoms with Gasteiger partial charge in [-0.2, -0.15) is 0 Å². The first-order chi connectivity index (χ1) is 11.1. The summed E-state index contributed by atoms with van der Waals surface area (Å²) in [7, 11) is 0. The maximum atomic E-state index is 12.5. The molecule has 2 aliphatic heterocycles. The Hall–Kier alpha value is -2.08. The number of hydrogen-bond acceptors (Lipinski definition) is 4. The molecular formula is C17H22N2O4. The van der Waals surface area contributed by atoms with Gasteiger partial charge in [-0.25, -0.2) is 0 Å². The van der Waals surface area contributed by atoms with Crippen molar-refractivity contribution in [2.45, 2.75) is 37.8 Å². The van der Waals surface area contributed by atoms with E-state index in [0.29, 0.717) is 30.9 Å². The fourth-order valence-corrected chi connectivity index (χ4v) is 3.13. The molecule has 23 heavy (non-hydrogen) atoms. The topological polar surface area (TPSA) is 81.9 Å². The molecule has 6 nitrogen and oxygen atoms in total. The lowest BCUT2D eigenvalue weighted by Gasteiger charge is -2.22. The van der Waals surface area contributed by atoms with E-state index in [4.69, 9.17) is 15.2 Å². The van der Waals surface area contributed by atoms with Gasteiger partial charge in [0.2, 0.25) is 5.91 Å². The zero-order valence-electron chi connectivity index (χ0n) is 13.1. The van der Waals surface area contributed by atoms with Crippen LogP contribution in [0.1, 0.15) is 36.0 Å². The van der Waals surface area contributed by atoms with E-state index in [9.17, 15) is 9.59 Å². The molecule has 3 rings (SSSR count). The summed E-state index contributed by atoms with van der Waals surface area (Å²) < 4.78 is 11.2. The van der Waals surface area contributed by atoms with E-state index in [1.54, 1.807) is 29.2 Å². The van der Waals surface area contributed by atoms with Crippen molar-refractivity contribution >= 4 is 11.8 Å². The van der Waals surface area contributed by atoms with Crippen molar-refractivity contribution in [2.24, 2.45) is 5.73 Å². The van der Waals surface area contributed by atoms with E-state index in [1.807, 2.05) is 0 Å². The number of rotatable bonds is 5. The molecule has 2 aliphatic rings. The van der Waals surface area contributed by atoms with Gasteiger partial charge >= 0.3 is 0 Å². The molecule has 1 aromatic rings. The van der Waals surface area contributed by atoms with Gasteiger partial charge in [0, 0.05) is 18.7 Å². The Morgan fingerprint density at radius 1 is 1.22 bits per heavy atom. The molecule has 0 spiro atoms. The SMILES string of the molecule is NC(=O)C1CCCN1C(=O)c1ccc(OCC2CCCO2)cc1. The molecule has 0 bridgehead atoms. The van der Waals surface area contributed by atoms with Gasteiger partial charge in [0.05, 0.1) is 6.10 Å². The fourth-order valence-electron chi connectivity index (χ4n) is 3.13. The number of amides is 2. The average Bonchev–Trinajstić information content (AvgIpc) is 3.24. The summed E-state index contributed by atoms with van der Waals surface area (Å²) in [6.45, 7) is 1.91. The Bertz CT molecular complexity index is 566. The van der Waals surface area contributed by atoms with Crippen LogP contribution in [0.15, 0.2) is 24.3 Å². The van der Waals surface area contributed by atoms with Crippen LogP contribution in [0.5, 0.6) is 5.75 Å². The van der Waals surface area contributed by atoms with E-state index in [1.165, 1.54) is 0 Å². The highest BCUT2D eigenvalue weighted by Gasteiger charge is 2.33. The molecule has 0 saturated carbocycles. The zero-order chi connectivity index (χ0) is 16.2. The van der Waals surface area contributed by atoms with Crippen molar-refractivity contribution in [3.05, 3.63) is 29.8 Å². The quantitative estimate of drug-likeness (QED) is 0.888. The molecule has 2 unspecified atom stereocenters. The molecule has 2 N–H and O–H groups in total. The highest BCUT2D eigenvalue weighted by molar-refractivity contribution is 5.97. The van der Waals surface area contributed by atoms with E-state index >= 15 is 0 Å². The van der Waals surface area contributed by atoms with Crippen molar-refractivity contribution in [2.75, 3.05) is 19.8 Å². The van der Waals surface area contributed by atoms with E-state index in [0.717, 1.165) is 25.9 Å². The predicted octanol–water partition coefficient (Wildman–Crippen LogP) is 1.33. The van der Waals surface area contributed by atoms with Crippen LogP contribution < -0.4 is 10.5 Å².